The van der Waals surface area contributed by atoms with Crippen molar-refractivity contribution in [3.8, 4) is 0 Å². The molecule has 2 aromatic carbocycles. The molecule has 1 unspecified atom stereocenters. The van der Waals surface area contributed by atoms with Crippen LogP contribution in [0.3, 0.4) is 0 Å². The van der Waals surface area contributed by atoms with Gasteiger partial charge >= 0.3 is 5.97 Å². The van der Waals surface area contributed by atoms with Gasteiger partial charge in [0.2, 0.25) is 0 Å². The van der Waals surface area contributed by atoms with Crippen molar-refractivity contribution in [3.63, 3.8) is 0 Å². The summed E-state index contributed by atoms with van der Waals surface area (Å²) in [5.74, 6) is -1.03. The number of nitrogens with one attached hydrogen (secondary N) is 1. The number of carbonyl (C=O) groups excluding carboxylic acids is 2. The number of anilines is 2. The van der Waals surface area contributed by atoms with E-state index in [0.717, 1.165) is 5.56 Å². The molecule has 3 N–H and O–H groups in total. The maximum atomic E-state index is 12.0. The van der Waals surface area contributed by atoms with Crippen LogP contribution in [0, 0.1) is 6.92 Å². The van der Waals surface area contributed by atoms with Crippen LogP contribution in [0.25, 0.3) is 0 Å². The summed E-state index contributed by atoms with van der Waals surface area (Å²) in [5, 5.41) is 3.22. The van der Waals surface area contributed by atoms with E-state index in [2.05, 4.69) is 5.32 Å². The summed E-state index contributed by atoms with van der Waals surface area (Å²) in [5.41, 5.74) is 8.01. The van der Waals surface area contributed by atoms with Gasteiger partial charge in [-0.15, -0.1) is 0 Å². The van der Waals surface area contributed by atoms with Gasteiger partial charge in [0.25, 0.3) is 5.91 Å². The third-order valence-electron chi connectivity index (χ3n) is 3.28. The van der Waals surface area contributed by atoms with E-state index < -0.39 is 18.0 Å². The molecule has 0 aliphatic rings. The molecular weight excluding hydrogens is 316 g/mol. The second-order valence-corrected chi connectivity index (χ2v) is 5.55. The molecule has 0 radical (unpaired) electrons. The molecule has 6 heteroatoms. The van der Waals surface area contributed by atoms with Gasteiger partial charge in [0, 0.05) is 16.4 Å². The lowest BCUT2D eigenvalue weighted by atomic mass is 10.1. The number of esters is 1. The second-order valence-electron chi connectivity index (χ2n) is 5.12. The third kappa shape index (κ3) is 4.47. The van der Waals surface area contributed by atoms with E-state index in [1.807, 2.05) is 6.92 Å². The van der Waals surface area contributed by atoms with E-state index in [9.17, 15) is 9.59 Å². The fraction of sp³-hybridized carbons (Fsp3) is 0.176. The van der Waals surface area contributed by atoms with Gasteiger partial charge in [0.1, 0.15) is 0 Å². The molecule has 0 saturated heterocycles. The zero-order valence-electron chi connectivity index (χ0n) is 12.8. The predicted molar refractivity (Wildman–Crippen MR) is 90.6 cm³/mol. The maximum absolute atomic E-state index is 12.0. The summed E-state index contributed by atoms with van der Waals surface area (Å²) in [7, 11) is 0. The Morgan fingerprint density at radius 2 is 1.83 bits per heavy atom. The topological polar surface area (TPSA) is 81.4 Å². The molecule has 0 aliphatic carbocycles. The highest BCUT2D eigenvalue weighted by Gasteiger charge is 2.19. The molecule has 1 amide bonds. The fourth-order valence-corrected chi connectivity index (χ4v) is 1.95. The Balaban J connectivity index is 1.98. The van der Waals surface area contributed by atoms with Crippen LogP contribution in [-0.4, -0.2) is 18.0 Å². The largest absolute Gasteiger partial charge is 0.449 e. The Bertz CT molecular complexity index is 729. The Morgan fingerprint density at radius 1 is 1.17 bits per heavy atom. The summed E-state index contributed by atoms with van der Waals surface area (Å²) in [6.45, 7) is 3.34. The summed E-state index contributed by atoms with van der Waals surface area (Å²) in [4.78, 5) is 24.1. The van der Waals surface area contributed by atoms with Gasteiger partial charge in [0.15, 0.2) is 6.10 Å². The number of nitrogen functional groups attached to an aromatic ring is 1. The number of hydrogen-bond acceptors (Lipinski definition) is 4. The van der Waals surface area contributed by atoms with Gasteiger partial charge in [0.05, 0.1) is 5.56 Å². The summed E-state index contributed by atoms with van der Waals surface area (Å²) in [6, 6.07) is 11.5. The minimum atomic E-state index is -0.944. The lowest BCUT2D eigenvalue weighted by molar-refractivity contribution is -0.123. The number of ether oxygens (including phenoxy) is 1. The Labute approximate surface area is 139 Å². The van der Waals surface area contributed by atoms with Crippen molar-refractivity contribution in [2.45, 2.75) is 20.0 Å². The van der Waals surface area contributed by atoms with Crippen molar-refractivity contribution < 1.29 is 14.3 Å². The first kappa shape index (κ1) is 16.8. The molecule has 0 spiro atoms. The van der Waals surface area contributed by atoms with Crippen molar-refractivity contribution >= 4 is 34.9 Å². The van der Waals surface area contributed by atoms with Gasteiger partial charge < -0.3 is 15.8 Å². The van der Waals surface area contributed by atoms with E-state index in [4.69, 9.17) is 22.1 Å². The van der Waals surface area contributed by atoms with Gasteiger partial charge in [-0.05, 0) is 55.8 Å². The normalized spacial score (nSPS) is 11.6. The highest BCUT2D eigenvalue weighted by molar-refractivity contribution is 6.30. The Hall–Kier alpha value is -2.53. The summed E-state index contributed by atoms with van der Waals surface area (Å²) >= 11 is 5.78. The molecule has 0 aromatic heterocycles. The highest BCUT2D eigenvalue weighted by atomic mass is 35.5. The van der Waals surface area contributed by atoms with Crippen LogP contribution in [-0.2, 0) is 9.53 Å². The Kier molecular flexibility index (Phi) is 5.24. The van der Waals surface area contributed by atoms with Crippen LogP contribution in [0.2, 0.25) is 5.02 Å². The molecule has 23 heavy (non-hydrogen) atoms. The standard InChI is InChI=1S/C17H17ClN2O3/c1-10-3-4-12(9-15(10)19)17(22)23-11(2)16(21)20-14-7-5-13(18)6-8-14/h3-9,11H,19H2,1-2H3,(H,20,21). The number of halogens is 1. The number of benzene rings is 2. The first-order valence-electron chi connectivity index (χ1n) is 7.00. The first-order chi connectivity index (χ1) is 10.9. The van der Waals surface area contributed by atoms with Crippen LogP contribution < -0.4 is 11.1 Å². The minimum absolute atomic E-state index is 0.305. The van der Waals surface area contributed by atoms with Gasteiger partial charge in [-0.1, -0.05) is 17.7 Å². The van der Waals surface area contributed by atoms with Crippen molar-refractivity contribution in [3.05, 3.63) is 58.6 Å². The van der Waals surface area contributed by atoms with Crippen LogP contribution in [0.5, 0.6) is 0 Å². The molecule has 2 rings (SSSR count). The van der Waals surface area contributed by atoms with Crippen LogP contribution in [0.1, 0.15) is 22.8 Å². The van der Waals surface area contributed by atoms with Crippen molar-refractivity contribution in [2.24, 2.45) is 0 Å². The smallest absolute Gasteiger partial charge is 0.338 e. The fourth-order valence-electron chi connectivity index (χ4n) is 1.83. The SMILES string of the molecule is Cc1ccc(C(=O)OC(C)C(=O)Nc2ccc(Cl)cc2)cc1N. The number of amides is 1. The molecule has 5 nitrogen and oxygen atoms in total. The van der Waals surface area contributed by atoms with Crippen molar-refractivity contribution in [1.29, 1.82) is 0 Å². The van der Waals surface area contributed by atoms with Crippen molar-refractivity contribution in [2.75, 3.05) is 11.1 Å². The van der Waals surface area contributed by atoms with Gasteiger partial charge in [-0.3, -0.25) is 4.79 Å². The van der Waals surface area contributed by atoms with Crippen molar-refractivity contribution in [1.82, 2.24) is 0 Å². The molecule has 120 valence electrons. The van der Waals surface area contributed by atoms with Crippen LogP contribution in [0.15, 0.2) is 42.5 Å². The lowest BCUT2D eigenvalue weighted by Gasteiger charge is -2.14. The molecule has 0 saturated carbocycles. The van der Waals surface area contributed by atoms with Gasteiger partial charge in [-0.2, -0.15) is 0 Å². The van der Waals surface area contributed by atoms with E-state index in [0.29, 0.717) is 22.0 Å². The van der Waals surface area contributed by atoms with E-state index in [1.54, 1.807) is 36.4 Å². The maximum Gasteiger partial charge on any atom is 0.338 e. The lowest BCUT2D eigenvalue weighted by Crippen LogP contribution is -2.30. The molecule has 0 bridgehead atoms. The zero-order chi connectivity index (χ0) is 17.0. The zero-order valence-corrected chi connectivity index (χ0v) is 13.6. The molecule has 0 fully saturated rings. The number of aryl methyl sites for hydroxylation is 1. The van der Waals surface area contributed by atoms with Crippen LogP contribution in [0.4, 0.5) is 11.4 Å². The molecule has 2 aromatic rings. The Morgan fingerprint density at radius 3 is 2.43 bits per heavy atom. The number of nitrogens with two attached hydrogens (primary N) is 1. The number of carbonyl (C=O) groups is 2. The third-order valence-corrected chi connectivity index (χ3v) is 3.53. The number of rotatable bonds is 4. The molecular formula is C17H17ClN2O3. The van der Waals surface area contributed by atoms with E-state index >= 15 is 0 Å². The second kappa shape index (κ2) is 7.15. The minimum Gasteiger partial charge on any atom is -0.449 e. The van der Waals surface area contributed by atoms with E-state index in [1.165, 1.54) is 13.0 Å². The summed E-state index contributed by atoms with van der Waals surface area (Å²) < 4.78 is 5.16. The van der Waals surface area contributed by atoms with Gasteiger partial charge in [-0.25, -0.2) is 4.79 Å². The predicted octanol–water partition coefficient (Wildman–Crippen LogP) is 3.41. The number of hydrogen-bond donors (Lipinski definition) is 2. The summed E-state index contributed by atoms with van der Waals surface area (Å²) in [6.07, 6.45) is -0.944. The van der Waals surface area contributed by atoms with E-state index in [-0.39, 0.29) is 0 Å². The first-order valence-corrected chi connectivity index (χ1v) is 7.38. The molecule has 0 heterocycles. The molecule has 1 atom stereocenters. The van der Waals surface area contributed by atoms with Crippen LogP contribution >= 0.6 is 11.6 Å². The quantitative estimate of drug-likeness (QED) is 0.664. The molecule has 0 aliphatic heterocycles. The highest BCUT2D eigenvalue weighted by Crippen LogP contribution is 2.16. The average Bonchev–Trinajstić information content (AvgIpc) is 2.52. The monoisotopic (exact) mass is 332 g/mol. The average molecular weight is 333 g/mol.